The molecular weight excluding hydrogens is 245 g/mol. The molecule has 1 aliphatic carbocycles. The van der Waals surface area contributed by atoms with Crippen molar-refractivity contribution in [1.82, 2.24) is 0 Å². The van der Waals surface area contributed by atoms with E-state index in [0.717, 1.165) is 12.8 Å². The van der Waals surface area contributed by atoms with Crippen molar-refractivity contribution in [3.05, 3.63) is 29.8 Å². The molecule has 1 saturated carbocycles. The van der Waals surface area contributed by atoms with Crippen molar-refractivity contribution >= 4 is 5.78 Å². The maximum atomic E-state index is 12.3. The minimum Gasteiger partial charge on any atom is -0.405 e. The number of carbonyl (C=O) groups is 1. The first-order valence-corrected chi connectivity index (χ1v) is 5.85. The number of hydrogen-bond donors (Lipinski definition) is 0. The Morgan fingerprint density at radius 2 is 1.89 bits per heavy atom. The number of carbonyl (C=O) groups excluding carboxylic acids is 1. The lowest BCUT2D eigenvalue weighted by atomic mass is 9.82. The molecule has 5 heteroatoms. The monoisotopic (exact) mass is 258 g/mol. The van der Waals surface area contributed by atoms with Crippen molar-refractivity contribution in [1.29, 1.82) is 0 Å². The highest BCUT2D eigenvalue weighted by atomic mass is 19.4. The SMILES string of the molecule is O=C1CCCCC1c1ccccc1OC(F)(F)F. The standard InChI is InChI=1S/C13H13F3O2/c14-13(15,16)18-12-8-4-2-6-10(12)9-5-1-3-7-11(9)17/h2,4,6,8-9H,1,3,5,7H2. The Bertz CT molecular complexity index is 440. The maximum Gasteiger partial charge on any atom is 0.573 e. The smallest absolute Gasteiger partial charge is 0.405 e. The van der Waals surface area contributed by atoms with Gasteiger partial charge in [0, 0.05) is 17.9 Å². The number of Topliss-reactive ketones (excluding diaryl/α,β-unsaturated/α-hetero) is 1. The normalized spacial score (nSPS) is 20.8. The van der Waals surface area contributed by atoms with Crippen LogP contribution in [0.25, 0.3) is 0 Å². The molecule has 0 amide bonds. The van der Waals surface area contributed by atoms with Crippen molar-refractivity contribution in [3.8, 4) is 5.75 Å². The Morgan fingerprint density at radius 1 is 1.17 bits per heavy atom. The van der Waals surface area contributed by atoms with Crippen molar-refractivity contribution in [2.45, 2.75) is 38.0 Å². The van der Waals surface area contributed by atoms with E-state index in [9.17, 15) is 18.0 Å². The van der Waals surface area contributed by atoms with Crippen molar-refractivity contribution < 1.29 is 22.7 Å². The van der Waals surface area contributed by atoms with Gasteiger partial charge in [-0.3, -0.25) is 4.79 Å². The number of rotatable bonds is 2. The molecule has 0 aromatic heterocycles. The molecule has 1 aromatic carbocycles. The molecule has 1 atom stereocenters. The van der Waals surface area contributed by atoms with E-state index in [1.54, 1.807) is 6.07 Å². The molecule has 0 aliphatic heterocycles. The summed E-state index contributed by atoms with van der Waals surface area (Å²) < 4.78 is 40.8. The average Bonchev–Trinajstić information content (AvgIpc) is 2.29. The van der Waals surface area contributed by atoms with E-state index in [4.69, 9.17) is 0 Å². The van der Waals surface area contributed by atoms with Gasteiger partial charge in [-0.1, -0.05) is 24.6 Å². The summed E-state index contributed by atoms with van der Waals surface area (Å²) in [4.78, 5) is 11.8. The van der Waals surface area contributed by atoms with Crippen molar-refractivity contribution in [2.24, 2.45) is 0 Å². The van der Waals surface area contributed by atoms with Crippen LogP contribution in [0.3, 0.4) is 0 Å². The largest absolute Gasteiger partial charge is 0.573 e. The van der Waals surface area contributed by atoms with Gasteiger partial charge in [0.2, 0.25) is 0 Å². The van der Waals surface area contributed by atoms with Crippen LogP contribution in [0.15, 0.2) is 24.3 Å². The molecule has 2 nitrogen and oxygen atoms in total. The number of ether oxygens (including phenoxy) is 1. The van der Waals surface area contributed by atoms with E-state index >= 15 is 0 Å². The molecule has 1 unspecified atom stereocenters. The fraction of sp³-hybridized carbons (Fsp3) is 0.462. The summed E-state index contributed by atoms with van der Waals surface area (Å²) in [6.07, 6.45) is -2.02. The van der Waals surface area contributed by atoms with Crippen LogP contribution in [0.4, 0.5) is 13.2 Å². The molecule has 0 spiro atoms. The van der Waals surface area contributed by atoms with E-state index < -0.39 is 12.3 Å². The summed E-state index contributed by atoms with van der Waals surface area (Å²) in [7, 11) is 0. The van der Waals surface area contributed by atoms with Crippen LogP contribution in [-0.4, -0.2) is 12.1 Å². The van der Waals surface area contributed by atoms with E-state index in [1.807, 2.05) is 0 Å². The van der Waals surface area contributed by atoms with Gasteiger partial charge < -0.3 is 4.74 Å². The molecule has 1 fully saturated rings. The van der Waals surface area contributed by atoms with Gasteiger partial charge in [0.25, 0.3) is 0 Å². The molecule has 0 radical (unpaired) electrons. The number of ketones is 1. The van der Waals surface area contributed by atoms with Gasteiger partial charge in [-0.2, -0.15) is 0 Å². The van der Waals surface area contributed by atoms with Crippen LogP contribution >= 0.6 is 0 Å². The van der Waals surface area contributed by atoms with Gasteiger partial charge in [0.15, 0.2) is 0 Å². The number of para-hydroxylation sites is 1. The molecule has 1 aliphatic rings. The summed E-state index contributed by atoms with van der Waals surface area (Å²) in [5.41, 5.74) is 0.347. The van der Waals surface area contributed by atoms with E-state index in [-0.39, 0.29) is 11.5 Å². The van der Waals surface area contributed by atoms with Gasteiger partial charge >= 0.3 is 6.36 Å². The van der Waals surface area contributed by atoms with E-state index in [1.165, 1.54) is 18.2 Å². The lowest BCUT2D eigenvalue weighted by Crippen LogP contribution is -2.22. The Balaban J connectivity index is 2.29. The molecule has 0 N–H and O–H groups in total. The summed E-state index contributed by atoms with van der Waals surface area (Å²) in [6.45, 7) is 0. The average molecular weight is 258 g/mol. The molecule has 98 valence electrons. The van der Waals surface area contributed by atoms with Gasteiger partial charge in [-0.25, -0.2) is 0 Å². The van der Waals surface area contributed by atoms with Gasteiger partial charge in [0.1, 0.15) is 11.5 Å². The lowest BCUT2D eigenvalue weighted by Gasteiger charge is -2.23. The molecule has 0 heterocycles. The Hall–Kier alpha value is -1.52. The molecule has 1 aromatic rings. The van der Waals surface area contributed by atoms with E-state index in [2.05, 4.69) is 4.74 Å². The van der Waals surface area contributed by atoms with Gasteiger partial charge in [-0.05, 0) is 18.9 Å². The quantitative estimate of drug-likeness (QED) is 0.806. The molecule has 18 heavy (non-hydrogen) atoms. The van der Waals surface area contributed by atoms with Crippen LogP contribution < -0.4 is 4.74 Å². The second-order valence-corrected chi connectivity index (χ2v) is 4.35. The highest BCUT2D eigenvalue weighted by molar-refractivity contribution is 5.87. The van der Waals surface area contributed by atoms with Crippen molar-refractivity contribution in [2.75, 3.05) is 0 Å². The molecular formula is C13H13F3O2. The van der Waals surface area contributed by atoms with Crippen LogP contribution in [0, 0.1) is 0 Å². The first kappa shape index (κ1) is 12.9. The minimum absolute atomic E-state index is 0.000487. The first-order chi connectivity index (χ1) is 8.47. The third kappa shape index (κ3) is 3.03. The molecule has 0 bridgehead atoms. The Kier molecular flexibility index (Phi) is 3.59. The van der Waals surface area contributed by atoms with E-state index in [0.29, 0.717) is 18.4 Å². The zero-order valence-corrected chi connectivity index (χ0v) is 9.67. The summed E-state index contributed by atoms with van der Waals surface area (Å²) >= 11 is 0. The second-order valence-electron chi connectivity index (χ2n) is 4.35. The summed E-state index contributed by atoms with van der Waals surface area (Å²) in [5.74, 6) is -0.720. The number of alkyl halides is 3. The van der Waals surface area contributed by atoms with Crippen LogP contribution in [0.1, 0.15) is 37.2 Å². The number of halogens is 3. The van der Waals surface area contributed by atoms with Gasteiger partial charge in [0.05, 0.1) is 0 Å². The third-order valence-corrected chi connectivity index (χ3v) is 3.07. The summed E-state index contributed by atoms with van der Waals surface area (Å²) in [5, 5.41) is 0. The number of hydrogen-bond acceptors (Lipinski definition) is 2. The fourth-order valence-electron chi connectivity index (χ4n) is 2.30. The second kappa shape index (κ2) is 5.00. The predicted molar refractivity (Wildman–Crippen MR) is 59.3 cm³/mol. The topological polar surface area (TPSA) is 26.3 Å². The first-order valence-electron chi connectivity index (χ1n) is 5.85. The van der Waals surface area contributed by atoms with Gasteiger partial charge in [-0.15, -0.1) is 13.2 Å². The van der Waals surface area contributed by atoms with Crippen LogP contribution in [0.2, 0.25) is 0 Å². The third-order valence-electron chi connectivity index (χ3n) is 3.07. The highest BCUT2D eigenvalue weighted by Gasteiger charge is 2.34. The zero-order valence-electron chi connectivity index (χ0n) is 9.67. The Morgan fingerprint density at radius 3 is 2.56 bits per heavy atom. The molecule has 2 rings (SSSR count). The van der Waals surface area contributed by atoms with Crippen LogP contribution in [0.5, 0.6) is 5.75 Å². The lowest BCUT2D eigenvalue weighted by molar-refractivity contribution is -0.275. The zero-order chi connectivity index (χ0) is 13.2. The Labute approximate surface area is 103 Å². The minimum atomic E-state index is -4.73. The predicted octanol–water partition coefficient (Wildman–Crippen LogP) is 3.81. The maximum absolute atomic E-state index is 12.3. The van der Waals surface area contributed by atoms with Crippen molar-refractivity contribution in [3.63, 3.8) is 0 Å². The van der Waals surface area contributed by atoms with Crippen LogP contribution in [-0.2, 0) is 4.79 Å². The fourth-order valence-corrected chi connectivity index (χ4v) is 2.30. The molecule has 0 saturated heterocycles. The highest BCUT2D eigenvalue weighted by Crippen LogP contribution is 2.37. The number of benzene rings is 1. The summed E-state index contributed by atoms with van der Waals surface area (Å²) in [6, 6.07) is 5.89.